The molecule has 1 atom stereocenters. The fourth-order valence-electron chi connectivity index (χ4n) is 5.42. The Morgan fingerprint density at radius 2 is 1.65 bits per heavy atom. The van der Waals surface area contributed by atoms with Gasteiger partial charge < -0.3 is 10.0 Å². The lowest BCUT2D eigenvalue weighted by molar-refractivity contribution is -0.145. The summed E-state index contributed by atoms with van der Waals surface area (Å²) in [6, 6.07) is 7.53. The maximum absolute atomic E-state index is 13.9. The van der Waals surface area contributed by atoms with Gasteiger partial charge in [0.1, 0.15) is 0 Å². The highest BCUT2D eigenvalue weighted by atomic mass is 35.5. The van der Waals surface area contributed by atoms with Crippen molar-refractivity contribution in [1.29, 1.82) is 0 Å². The van der Waals surface area contributed by atoms with Gasteiger partial charge in [0, 0.05) is 36.7 Å². The first-order valence-corrected chi connectivity index (χ1v) is 12.2. The summed E-state index contributed by atoms with van der Waals surface area (Å²) in [4.78, 5) is 18.2. The largest absolute Gasteiger partial charge is 0.389 e. The van der Waals surface area contributed by atoms with E-state index < -0.39 is 11.5 Å². The molecular formula is C26H41ClN2O2. The number of aliphatic hydroxyl groups is 1. The summed E-state index contributed by atoms with van der Waals surface area (Å²) in [6.45, 7) is 16.6. The first-order chi connectivity index (χ1) is 14.3. The van der Waals surface area contributed by atoms with Gasteiger partial charge in [-0.3, -0.25) is 9.69 Å². The van der Waals surface area contributed by atoms with E-state index in [0.29, 0.717) is 36.9 Å². The summed E-state index contributed by atoms with van der Waals surface area (Å²) in [5, 5.41) is 12.5. The molecule has 0 radical (unpaired) electrons. The quantitative estimate of drug-likeness (QED) is 0.679. The van der Waals surface area contributed by atoms with E-state index in [-0.39, 0.29) is 16.9 Å². The third-order valence-electron chi connectivity index (χ3n) is 7.58. The highest BCUT2D eigenvalue weighted by molar-refractivity contribution is 6.30. The van der Waals surface area contributed by atoms with Gasteiger partial charge in [-0.25, -0.2) is 0 Å². The summed E-state index contributed by atoms with van der Waals surface area (Å²) in [7, 11) is 0. The van der Waals surface area contributed by atoms with Crippen molar-refractivity contribution in [3.63, 3.8) is 0 Å². The number of piperazine rings is 1. The summed E-state index contributed by atoms with van der Waals surface area (Å²) in [5.74, 6) is 0.0547. The van der Waals surface area contributed by atoms with Gasteiger partial charge in [0.15, 0.2) is 0 Å². The molecule has 2 aliphatic rings. The molecule has 1 unspecified atom stereocenters. The van der Waals surface area contributed by atoms with Crippen molar-refractivity contribution < 1.29 is 9.90 Å². The van der Waals surface area contributed by atoms with Crippen molar-refractivity contribution in [3.05, 3.63) is 34.9 Å². The Morgan fingerprint density at radius 3 is 2.13 bits per heavy atom. The third-order valence-corrected chi connectivity index (χ3v) is 7.82. The molecule has 1 N–H and O–H groups in total. The Morgan fingerprint density at radius 1 is 1.06 bits per heavy atom. The van der Waals surface area contributed by atoms with Crippen LogP contribution in [-0.4, -0.2) is 58.1 Å². The van der Waals surface area contributed by atoms with Crippen LogP contribution in [0.1, 0.15) is 78.7 Å². The van der Waals surface area contributed by atoms with Crippen LogP contribution in [0.4, 0.5) is 0 Å². The van der Waals surface area contributed by atoms with Crippen LogP contribution in [0.3, 0.4) is 0 Å². The Kier molecular flexibility index (Phi) is 7.15. The molecule has 1 saturated heterocycles. The molecule has 1 aliphatic carbocycles. The van der Waals surface area contributed by atoms with E-state index in [1.165, 1.54) is 0 Å². The van der Waals surface area contributed by atoms with Gasteiger partial charge in [0.05, 0.1) is 11.5 Å². The van der Waals surface area contributed by atoms with Gasteiger partial charge in [0.25, 0.3) is 0 Å². The number of amides is 1. The Bertz CT molecular complexity index is 764. The van der Waals surface area contributed by atoms with Gasteiger partial charge >= 0.3 is 0 Å². The Hall–Kier alpha value is -1.10. The third kappa shape index (κ3) is 5.64. The van der Waals surface area contributed by atoms with E-state index >= 15 is 0 Å². The number of carbonyl (C=O) groups is 1. The van der Waals surface area contributed by atoms with Crippen LogP contribution in [0.15, 0.2) is 24.3 Å². The average molecular weight is 449 g/mol. The molecule has 1 aromatic rings. The predicted octanol–water partition coefficient (Wildman–Crippen LogP) is 5.33. The molecule has 31 heavy (non-hydrogen) atoms. The summed E-state index contributed by atoms with van der Waals surface area (Å²) < 4.78 is 0. The van der Waals surface area contributed by atoms with Gasteiger partial charge in [-0.1, -0.05) is 44.5 Å². The number of halogens is 1. The maximum atomic E-state index is 13.9. The van der Waals surface area contributed by atoms with E-state index in [0.717, 1.165) is 31.5 Å². The second-order valence-electron chi connectivity index (χ2n) is 11.7. The van der Waals surface area contributed by atoms with E-state index in [1.807, 2.05) is 29.2 Å². The minimum atomic E-state index is -1.02. The second-order valence-corrected chi connectivity index (χ2v) is 12.2. The molecule has 4 nitrogen and oxygen atoms in total. The van der Waals surface area contributed by atoms with Crippen molar-refractivity contribution in [1.82, 2.24) is 9.80 Å². The van der Waals surface area contributed by atoms with Gasteiger partial charge in [-0.2, -0.15) is 0 Å². The zero-order chi connectivity index (χ0) is 23.0. The van der Waals surface area contributed by atoms with E-state index in [9.17, 15) is 9.90 Å². The lowest BCUT2D eigenvalue weighted by Gasteiger charge is -2.47. The summed E-state index contributed by atoms with van der Waals surface area (Å²) in [5.41, 5.74) is 0.142. The SMILES string of the molecule is CC(C)(C)C1CCC(O)(C(C(=O)N2CCN(C(C)(C)C)CC2)c2cccc(Cl)c2)CC1. The zero-order valence-corrected chi connectivity index (χ0v) is 21.0. The number of rotatable bonds is 3. The van der Waals surface area contributed by atoms with E-state index in [2.05, 4.69) is 46.4 Å². The smallest absolute Gasteiger partial charge is 0.233 e. The van der Waals surface area contributed by atoms with Crippen molar-refractivity contribution in [2.45, 2.75) is 84.3 Å². The molecule has 0 spiro atoms. The zero-order valence-electron chi connectivity index (χ0n) is 20.2. The van der Waals surface area contributed by atoms with Crippen LogP contribution in [0.25, 0.3) is 0 Å². The second kappa shape index (κ2) is 9.03. The summed E-state index contributed by atoms with van der Waals surface area (Å²) >= 11 is 6.30. The van der Waals surface area contributed by atoms with Crippen LogP contribution >= 0.6 is 11.6 Å². The summed E-state index contributed by atoms with van der Waals surface area (Å²) in [6.07, 6.45) is 3.20. The number of carbonyl (C=O) groups excluding carboxylic acids is 1. The molecule has 0 bridgehead atoms. The Labute approximate surface area is 193 Å². The molecule has 5 heteroatoms. The van der Waals surface area contributed by atoms with Crippen molar-refractivity contribution >= 4 is 17.5 Å². The van der Waals surface area contributed by atoms with Crippen molar-refractivity contribution in [3.8, 4) is 0 Å². The average Bonchev–Trinajstić information content (AvgIpc) is 2.67. The van der Waals surface area contributed by atoms with E-state index in [1.54, 1.807) is 0 Å². The number of nitrogens with zero attached hydrogens (tertiary/aromatic N) is 2. The molecule has 2 fully saturated rings. The monoisotopic (exact) mass is 448 g/mol. The standard InChI is InChI=1S/C26H41ClN2O2/c1-24(2,3)20-10-12-26(31,13-11-20)22(19-8-7-9-21(27)18-19)23(30)28-14-16-29(17-15-28)25(4,5)6/h7-9,18,20,22,31H,10-17H2,1-6H3. The van der Waals surface area contributed by atoms with Crippen LogP contribution in [0.2, 0.25) is 5.02 Å². The molecule has 3 rings (SSSR count). The van der Waals surface area contributed by atoms with Gasteiger partial charge in [-0.15, -0.1) is 0 Å². The van der Waals surface area contributed by atoms with Gasteiger partial charge in [-0.05, 0) is 75.5 Å². The number of benzene rings is 1. The number of hydrogen-bond donors (Lipinski definition) is 1. The molecule has 1 amide bonds. The topological polar surface area (TPSA) is 43.8 Å². The molecule has 174 valence electrons. The minimum Gasteiger partial charge on any atom is -0.389 e. The normalized spacial score (nSPS) is 27.2. The lowest BCUT2D eigenvalue weighted by Crippen LogP contribution is -2.57. The first-order valence-electron chi connectivity index (χ1n) is 11.8. The van der Waals surface area contributed by atoms with Crippen LogP contribution in [0.5, 0.6) is 0 Å². The molecule has 1 saturated carbocycles. The molecular weight excluding hydrogens is 408 g/mol. The minimum absolute atomic E-state index is 0.0486. The molecule has 1 heterocycles. The first kappa shape index (κ1) is 24.5. The number of hydrogen-bond acceptors (Lipinski definition) is 3. The van der Waals surface area contributed by atoms with Gasteiger partial charge in [0.2, 0.25) is 5.91 Å². The van der Waals surface area contributed by atoms with Crippen molar-refractivity contribution in [2.75, 3.05) is 26.2 Å². The Balaban J connectivity index is 1.84. The molecule has 1 aliphatic heterocycles. The fraction of sp³-hybridized carbons (Fsp3) is 0.731. The van der Waals surface area contributed by atoms with Crippen molar-refractivity contribution in [2.24, 2.45) is 11.3 Å². The fourth-order valence-corrected chi connectivity index (χ4v) is 5.62. The van der Waals surface area contributed by atoms with Crippen LogP contribution < -0.4 is 0 Å². The van der Waals surface area contributed by atoms with E-state index in [4.69, 9.17) is 11.6 Å². The molecule has 0 aromatic heterocycles. The predicted molar refractivity (Wildman–Crippen MR) is 128 cm³/mol. The van der Waals surface area contributed by atoms with Crippen LogP contribution in [0, 0.1) is 11.3 Å². The lowest BCUT2D eigenvalue weighted by atomic mass is 9.64. The maximum Gasteiger partial charge on any atom is 0.233 e. The molecule has 1 aromatic carbocycles. The van der Waals surface area contributed by atoms with Crippen LogP contribution in [-0.2, 0) is 4.79 Å². The highest BCUT2D eigenvalue weighted by Gasteiger charge is 2.48. The highest BCUT2D eigenvalue weighted by Crippen LogP contribution is 2.47.